The maximum atomic E-state index is 10.8. The van der Waals surface area contributed by atoms with E-state index >= 15 is 0 Å². The molecule has 0 aromatic heterocycles. The number of amides is 1. The van der Waals surface area contributed by atoms with Crippen molar-refractivity contribution in [3.63, 3.8) is 0 Å². The van der Waals surface area contributed by atoms with Crippen molar-refractivity contribution in [2.45, 2.75) is 6.92 Å². The Morgan fingerprint density at radius 2 is 2.36 bits per heavy atom. The second-order valence-corrected chi connectivity index (χ2v) is 3.62. The lowest BCUT2D eigenvalue weighted by molar-refractivity contribution is -0.123. The first-order valence-corrected chi connectivity index (χ1v) is 4.81. The third-order valence-corrected chi connectivity index (χ3v) is 2.53. The Morgan fingerprint density at radius 1 is 1.64 bits per heavy atom. The molecule has 1 aromatic rings. The molecule has 0 aliphatic rings. The maximum Gasteiger partial charge on any atom is 0.271 e. The second-order valence-electron chi connectivity index (χ2n) is 2.77. The zero-order chi connectivity index (χ0) is 10.6. The third-order valence-electron chi connectivity index (χ3n) is 1.67. The average molecular weight is 259 g/mol. The fourth-order valence-electron chi connectivity index (χ4n) is 0.854. The van der Waals surface area contributed by atoms with E-state index in [1.165, 1.54) is 0 Å². The van der Waals surface area contributed by atoms with E-state index in [2.05, 4.69) is 15.9 Å². The van der Waals surface area contributed by atoms with E-state index in [0.717, 1.165) is 10.0 Å². The van der Waals surface area contributed by atoms with E-state index in [-0.39, 0.29) is 12.5 Å². The molecule has 0 fully saturated rings. The number of hydrazine groups is 1. The van der Waals surface area contributed by atoms with Gasteiger partial charge in [0.2, 0.25) is 0 Å². The molecule has 0 atom stereocenters. The summed E-state index contributed by atoms with van der Waals surface area (Å²) in [4.78, 5) is 10.8. The second kappa shape index (κ2) is 4.97. The van der Waals surface area contributed by atoms with Crippen LogP contribution in [0.1, 0.15) is 5.56 Å². The van der Waals surface area contributed by atoms with Gasteiger partial charge < -0.3 is 4.74 Å². The van der Waals surface area contributed by atoms with Crippen molar-refractivity contribution < 1.29 is 9.53 Å². The van der Waals surface area contributed by atoms with Crippen LogP contribution in [0.15, 0.2) is 22.7 Å². The molecule has 0 unspecified atom stereocenters. The molecule has 1 amide bonds. The van der Waals surface area contributed by atoms with Gasteiger partial charge in [0.15, 0.2) is 6.61 Å². The fraction of sp³-hybridized carbons (Fsp3) is 0.222. The molecule has 0 bridgehead atoms. The molecule has 0 radical (unpaired) electrons. The van der Waals surface area contributed by atoms with Crippen LogP contribution < -0.4 is 16.0 Å². The summed E-state index contributed by atoms with van der Waals surface area (Å²) in [7, 11) is 0. The molecular weight excluding hydrogens is 248 g/mol. The van der Waals surface area contributed by atoms with Gasteiger partial charge in [0.05, 0.1) is 0 Å². The lowest BCUT2D eigenvalue weighted by Crippen LogP contribution is -2.34. The number of hydrogen-bond acceptors (Lipinski definition) is 3. The Morgan fingerprint density at radius 3 is 2.93 bits per heavy atom. The van der Waals surface area contributed by atoms with Gasteiger partial charge >= 0.3 is 0 Å². The van der Waals surface area contributed by atoms with Gasteiger partial charge in [-0.25, -0.2) is 5.84 Å². The summed E-state index contributed by atoms with van der Waals surface area (Å²) in [5.41, 5.74) is 3.10. The molecule has 76 valence electrons. The topological polar surface area (TPSA) is 64.3 Å². The summed E-state index contributed by atoms with van der Waals surface area (Å²) in [6.07, 6.45) is 0. The van der Waals surface area contributed by atoms with Gasteiger partial charge in [0.1, 0.15) is 5.75 Å². The molecule has 0 heterocycles. The van der Waals surface area contributed by atoms with Crippen molar-refractivity contribution in [3.8, 4) is 5.75 Å². The van der Waals surface area contributed by atoms with Gasteiger partial charge in [0, 0.05) is 4.47 Å². The monoisotopic (exact) mass is 258 g/mol. The van der Waals surface area contributed by atoms with Crippen molar-refractivity contribution in [1.82, 2.24) is 5.43 Å². The lowest BCUT2D eigenvalue weighted by Gasteiger charge is -2.06. The zero-order valence-corrected chi connectivity index (χ0v) is 9.30. The van der Waals surface area contributed by atoms with Crippen molar-refractivity contribution >= 4 is 21.8 Å². The highest BCUT2D eigenvalue weighted by Crippen LogP contribution is 2.21. The van der Waals surface area contributed by atoms with Gasteiger partial charge in [0.25, 0.3) is 5.91 Å². The number of carbonyl (C=O) groups excluding carboxylic acids is 1. The van der Waals surface area contributed by atoms with Gasteiger partial charge in [-0.2, -0.15) is 0 Å². The smallest absolute Gasteiger partial charge is 0.271 e. The predicted octanol–water partition coefficient (Wildman–Crippen LogP) is 1.13. The quantitative estimate of drug-likeness (QED) is 0.486. The van der Waals surface area contributed by atoms with E-state index in [1.807, 2.05) is 18.4 Å². The van der Waals surface area contributed by atoms with Crippen LogP contribution in [0.4, 0.5) is 0 Å². The number of nitrogens with two attached hydrogens (primary N) is 1. The number of benzene rings is 1. The molecule has 1 rings (SSSR count). The highest BCUT2D eigenvalue weighted by molar-refractivity contribution is 9.10. The Labute approximate surface area is 90.5 Å². The number of nitrogens with one attached hydrogen (secondary N) is 1. The van der Waals surface area contributed by atoms with Gasteiger partial charge in [-0.1, -0.05) is 22.0 Å². The number of ether oxygens (including phenoxy) is 1. The summed E-state index contributed by atoms with van der Waals surface area (Å²) in [5, 5.41) is 0. The molecule has 1 aromatic carbocycles. The molecule has 5 heteroatoms. The molecule has 0 aliphatic heterocycles. The first-order chi connectivity index (χ1) is 6.63. The van der Waals surface area contributed by atoms with Crippen LogP contribution in [-0.4, -0.2) is 12.5 Å². The van der Waals surface area contributed by atoms with E-state index in [9.17, 15) is 4.79 Å². The van der Waals surface area contributed by atoms with Crippen molar-refractivity contribution in [3.05, 3.63) is 28.2 Å². The van der Waals surface area contributed by atoms with Crippen molar-refractivity contribution in [2.75, 3.05) is 6.61 Å². The highest BCUT2D eigenvalue weighted by Gasteiger charge is 2.01. The summed E-state index contributed by atoms with van der Waals surface area (Å²) >= 11 is 3.36. The first-order valence-electron chi connectivity index (χ1n) is 4.02. The van der Waals surface area contributed by atoms with Gasteiger partial charge in [-0.15, -0.1) is 0 Å². The Balaban J connectivity index is 2.60. The summed E-state index contributed by atoms with van der Waals surface area (Å²) in [5.74, 6) is 5.17. The molecule has 3 N–H and O–H groups in total. The SMILES string of the molecule is Cc1ccc(OCC(=O)NN)cc1Br. The Kier molecular flexibility index (Phi) is 3.91. The van der Waals surface area contributed by atoms with Crippen LogP contribution in [-0.2, 0) is 4.79 Å². The minimum Gasteiger partial charge on any atom is -0.484 e. The number of carbonyl (C=O) groups is 1. The number of aryl methyl sites for hydroxylation is 1. The molecule has 0 saturated heterocycles. The van der Waals surface area contributed by atoms with E-state index in [1.54, 1.807) is 12.1 Å². The molecule has 0 spiro atoms. The fourth-order valence-corrected chi connectivity index (χ4v) is 1.21. The van der Waals surface area contributed by atoms with Crippen molar-refractivity contribution in [1.29, 1.82) is 0 Å². The minimum atomic E-state index is -0.360. The summed E-state index contributed by atoms with van der Waals surface area (Å²) in [6.45, 7) is 1.90. The molecule has 0 saturated carbocycles. The number of rotatable bonds is 3. The van der Waals surface area contributed by atoms with Crippen LogP contribution in [0.25, 0.3) is 0 Å². The largest absolute Gasteiger partial charge is 0.484 e. The van der Waals surface area contributed by atoms with Crippen LogP contribution in [0.5, 0.6) is 5.75 Å². The Bertz CT molecular complexity index is 342. The summed E-state index contributed by atoms with van der Waals surface area (Å²) in [6, 6.07) is 5.50. The van der Waals surface area contributed by atoms with E-state index in [0.29, 0.717) is 5.75 Å². The Hall–Kier alpha value is -1.07. The standard InChI is InChI=1S/C9H11BrN2O2/c1-6-2-3-7(4-8(6)10)14-5-9(13)12-11/h2-4H,5,11H2,1H3,(H,12,13). The zero-order valence-electron chi connectivity index (χ0n) is 7.71. The number of halogens is 1. The minimum absolute atomic E-state index is 0.0774. The van der Waals surface area contributed by atoms with Crippen LogP contribution >= 0.6 is 15.9 Å². The maximum absolute atomic E-state index is 10.8. The molecule has 14 heavy (non-hydrogen) atoms. The third kappa shape index (κ3) is 3.01. The molecule has 4 nitrogen and oxygen atoms in total. The van der Waals surface area contributed by atoms with E-state index < -0.39 is 0 Å². The van der Waals surface area contributed by atoms with Gasteiger partial charge in [-0.05, 0) is 24.6 Å². The number of hydrogen-bond donors (Lipinski definition) is 2. The van der Waals surface area contributed by atoms with E-state index in [4.69, 9.17) is 10.6 Å². The normalized spacial score (nSPS) is 9.64. The van der Waals surface area contributed by atoms with Gasteiger partial charge in [-0.3, -0.25) is 10.2 Å². The van der Waals surface area contributed by atoms with Crippen LogP contribution in [0.2, 0.25) is 0 Å². The van der Waals surface area contributed by atoms with Crippen LogP contribution in [0.3, 0.4) is 0 Å². The molecular formula is C9H11BrN2O2. The highest BCUT2D eigenvalue weighted by atomic mass is 79.9. The average Bonchev–Trinajstić information content (AvgIpc) is 2.19. The first kappa shape index (κ1) is 11.0. The predicted molar refractivity (Wildman–Crippen MR) is 56.7 cm³/mol. The van der Waals surface area contributed by atoms with Crippen LogP contribution in [0, 0.1) is 6.92 Å². The lowest BCUT2D eigenvalue weighted by atomic mass is 10.2. The molecule has 0 aliphatic carbocycles. The summed E-state index contributed by atoms with van der Waals surface area (Å²) < 4.78 is 6.12. The van der Waals surface area contributed by atoms with Crippen molar-refractivity contribution in [2.24, 2.45) is 5.84 Å².